The highest BCUT2D eigenvalue weighted by Crippen LogP contribution is 2.22. The van der Waals surface area contributed by atoms with E-state index in [1.54, 1.807) is 0 Å². The molecule has 2 fully saturated rings. The number of hydrogen-bond acceptors (Lipinski definition) is 3. The van der Waals surface area contributed by atoms with Gasteiger partial charge in [-0.15, -0.1) is 0 Å². The lowest BCUT2D eigenvalue weighted by atomic mass is 10.1. The second-order valence-electron chi connectivity index (χ2n) is 4.08. The molecule has 1 N–H and O–H groups in total. The van der Waals surface area contributed by atoms with Gasteiger partial charge in [-0.05, 0) is 25.5 Å². The zero-order valence-electron chi connectivity index (χ0n) is 8.66. The van der Waals surface area contributed by atoms with Crippen molar-refractivity contribution in [2.24, 2.45) is 0 Å². The van der Waals surface area contributed by atoms with Crippen molar-refractivity contribution in [2.75, 3.05) is 24.6 Å². The van der Waals surface area contributed by atoms with Gasteiger partial charge in [-0.25, -0.2) is 0 Å². The van der Waals surface area contributed by atoms with E-state index in [4.69, 9.17) is 0 Å². The number of amides is 1. The van der Waals surface area contributed by atoms with E-state index >= 15 is 0 Å². The fourth-order valence-corrected chi connectivity index (χ4v) is 3.34. The predicted octanol–water partition coefficient (Wildman–Crippen LogP) is 0.702. The minimum atomic E-state index is 0.0238. The van der Waals surface area contributed by atoms with Gasteiger partial charge in [0.15, 0.2) is 0 Å². The van der Waals surface area contributed by atoms with E-state index in [-0.39, 0.29) is 6.04 Å². The van der Waals surface area contributed by atoms with Crippen LogP contribution in [-0.2, 0) is 4.79 Å². The normalized spacial score (nSPS) is 34.6. The molecule has 0 radical (unpaired) electrons. The van der Waals surface area contributed by atoms with Crippen LogP contribution in [0.3, 0.4) is 0 Å². The van der Waals surface area contributed by atoms with Crippen LogP contribution in [0.2, 0.25) is 0 Å². The number of piperazine rings is 1. The van der Waals surface area contributed by atoms with Crippen LogP contribution in [0.15, 0.2) is 0 Å². The van der Waals surface area contributed by atoms with Gasteiger partial charge in [0.05, 0.1) is 6.04 Å². The summed E-state index contributed by atoms with van der Waals surface area (Å²) in [6.07, 6.45) is 2.46. The molecule has 0 saturated carbocycles. The van der Waals surface area contributed by atoms with Crippen LogP contribution in [0.5, 0.6) is 0 Å². The largest absolute Gasteiger partial charge is 0.336 e. The molecule has 2 aliphatic heterocycles. The first kappa shape index (κ1) is 10.3. The predicted molar refractivity (Wildman–Crippen MR) is 59.5 cm³/mol. The average Bonchev–Trinajstić information content (AvgIpc) is 2.23. The fourth-order valence-electron chi connectivity index (χ4n) is 2.18. The molecule has 0 bridgehead atoms. The molecule has 0 aromatic rings. The Morgan fingerprint density at radius 2 is 2.43 bits per heavy atom. The van der Waals surface area contributed by atoms with Crippen molar-refractivity contribution in [1.29, 1.82) is 0 Å². The van der Waals surface area contributed by atoms with Gasteiger partial charge in [0.2, 0.25) is 5.91 Å². The van der Waals surface area contributed by atoms with Crippen molar-refractivity contribution in [3.8, 4) is 0 Å². The summed E-state index contributed by atoms with van der Waals surface area (Å²) in [5, 5.41) is 3.20. The average molecular weight is 214 g/mol. The molecule has 1 amide bonds. The summed E-state index contributed by atoms with van der Waals surface area (Å²) in [5.41, 5.74) is 0. The Hall–Kier alpha value is -0.220. The molecule has 3 nitrogen and oxygen atoms in total. The fraction of sp³-hybridized carbons (Fsp3) is 0.900. The zero-order chi connectivity index (χ0) is 9.97. The number of nitrogens with zero attached hydrogens (tertiary/aromatic N) is 1. The molecule has 2 unspecified atom stereocenters. The SMILES string of the molecule is CC1NCCN(C2CCCSC2)C1=O. The maximum atomic E-state index is 11.9. The lowest BCUT2D eigenvalue weighted by Gasteiger charge is -2.39. The van der Waals surface area contributed by atoms with Crippen molar-refractivity contribution in [3.05, 3.63) is 0 Å². The Morgan fingerprint density at radius 3 is 3.14 bits per heavy atom. The van der Waals surface area contributed by atoms with Crippen LogP contribution < -0.4 is 5.32 Å². The molecule has 0 aromatic heterocycles. The van der Waals surface area contributed by atoms with Gasteiger partial charge in [-0.2, -0.15) is 11.8 Å². The highest BCUT2D eigenvalue weighted by molar-refractivity contribution is 7.99. The number of hydrogen-bond donors (Lipinski definition) is 1. The summed E-state index contributed by atoms with van der Waals surface area (Å²) in [5.74, 6) is 2.70. The molecule has 0 aliphatic carbocycles. The summed E-state index contributed by atoms with van der Waals surface area (Å²) in [4.78, 5) is 14.0. The molecular weight excluding hydrogens is 196 g/mol. The summed E-state index contributed by atoms with van der Waals surface area (Å²) in [6.45, 7) is 3.81. The van der Waals surface area contributed by atoms with E-state index in [0.29, 0.717) is 11.9 Å². The first-order valence-corrected chi connectivity index (χ1v) is 6.56. The molecule has 4 heteroatoms. The Bertz CT molecular complexity index is 216. The van der Waals surface area contributed by atoms with Gasteiger partial charge in [-0.1, -0.05) is 0 Å². The summed E-state index contributed by atoms with van der Waals surface area (Å²) in [7, 11) is 0. The maximum absolute atomic E-state index is 11.9. The van der Waals surface area contributed by atoms with Crippen molar-refractivity contribution >= 4 is 17.7 Å². The lowest BCUT2D eigenvalue weighted by Crippen LogP contribution is -2.57. The molecule has 0 aromatic carbocycles. The summed E-state index contributed by atoms with van der Waals surface area (Å²) < 4.78 is 0. The first-order valence-electron chi connectivity index (χ1n) is 5.40. The Morgan fingerprint density at radius 1 is 1.57 bits per heavy atom. The highest BCUT2D eigenvalue weighted by atomic mass is 32.2. The van der Waals surface area contributed by atoms with Crippen LogP contribution in [0.1, 0.15) is 19.8 Å². The van der Waals surface area contributed by atoms with E-state index in [2.05, 4.69) is 10.2 Å². The second-order valence-corrected chi connectivity index (χ2v) is 5.23. The number of nitrogens with one attached hydrogen (secondary N) is 1. The molecule has 2 rings (SSSR count). The first-order chi connectivity index (χ1) is 6.79. The van der Waals surface area contributed by atoms with Crippen molar-refractivity contribution < 1.29 is 4.79 Å². The topological polar surface area (TPSA) is 32.3 Å². The van der Waals surface area contributed by atoms with Gasteiger partial charge in [0.1, 0.15) is 0 Å². The van der Waals surface area contributed by atoms with Crippen molar-refractivity contribution in [3.63, 3.8) is 0 Å². The standard InChI is InChI=1S/C10H18N2OS/c1-8-10(13)12(5-4-11-8)9-3-2-6-14-7-9/h8-9,11H,2-7H2,1H3. The molecule has 2 atom stereocenters. The molecule has 2 saturated heterocycles. The minimum absolute atomic E-state index is 0.0238. The second kappa shape index (κ2) is 4.53. The van der Waals surface area contributed by atoms with Gasteiger partial charge >= 0.3 is 0 Å². The molecule has 2 aliphatic rings. The number of carbonyl (C=O) groups excluding carboxylic acids is 1. The Kier molecular flexibility index (Phi) is 3.34. The number of carbonyl (C=O) groups is 1. The molecule has 80 valence electrons. The summed E-state index contributed by atoms with van der Waals surface area (Å²) in [6, 6.07) is 0.529. The number of rotatable bonds is 1. The third-order valence-corrected chi connectivity index (χ3v) is 4.23. The van der Waals surface area contributed by atoms with Crippen LogP contribution in [0, 0.1) is 0 Å². The third kappa shape index (κ3) is 2.06. The Labute approximate surface area is 89.6 Å². The van der Waals surface area contributed by atoms with Gasteiger partial charge in [0.25, 0.3) is 0 Å². The highest BCUT2D eigenvalue weighted by Gasteiger charge is 2.30. The third-order valence-electron chi connectivity index (χ3n) is 3.03. The molecule has 2 heterocycles. The van der Waals surface area contributed by atoms with Gasteiger partial charge in [-0.3, -0.25) is 4.79 Å². The van der Waals surface area contributed by atoms with E-state index in [9.17, 15) is 4.79 Å². The maximum Gasteiger partial charge on any atom is 0.239 e. The molecule has 14 heavy (non-hydrogen) atoms. The van der Waals surface area contributed by atoms with Crippen LogP contribution in [0.4, 0.5) is 0 Å². The van der Waals surface area contributed by atoms with Gasteiger partial charge in [0, 0.05) is 24.9 Å². The Balaban J connectivity index is 1.97. The smallest absolute Gasteiger partial charge is 0.239 e. The van der Waals surface area contributed by atoms with Crippen molar-refractivity contribution in [1.82, 2.24) is 10.2 Å². The van der Waals surface area contributed by atoms with E-state index in [0.717, 1.165) is 18.8 Å². The van der Waals surface area contributed by atoms with E-state index < -0.39 is 0 Å². The lowest BCUT2D eigenvalue weighted by molar-refractivity contribution is -0.137. The van der Waals surface area contributed by atoms with Crippen LogP contribution >= 0.6 is 11.8 Å². The van der Waals surface area contributed by atoms with Crippen LogP contribution in [0.25, 0.3) is 0 Å². The molecular formula is C10H18N2OS. The number of thioether (sulfide) groups is 1. The minimum Gasteiger partial charge on any atom is -0.336 e. The van der Waals surface area contributed by atoms with E-state index in [1.165, 1.54) is 18.6 Å². The summed E-state index contributed by atoms with van der Waals surface area (Å²) >= 11 is 1.99. The quantitative estimate of drug-likeness (QED) is 0.697. The van der Waals surface area contributed by atoms with Crippen LogP contribution in [-0.4, -0.2) is 47.5 Å². The monoisotopic (exact) mass is 214 g/mol. The van der Waals surface area contributed by atoms with E-state index in [1.807, 2.05) is 18.7 Å². The zero-order valence-corrected chi connectivity index (χ0v) is 9.48. The molecule has 0 spiro atoms. The van der Waals surface area contributed by atoms with Crippen molar-refractivity contribution in [2.45, 2.75) is 31.8 Å². The van der Waals surface area contributed by atoms with Gasteiger partial charge < -0.3 is 10.2 Å².